The molecule has 2 aromatic rings. The lowest BCUT2D eigenvalue weighted by Crippen LogP contribution is -2.04. The van der Waals surface area contributed by atoms with E-state index in [9.17, 15) is 4.39 Å². The molecule has 2 rings (SSSR count). The average Bonchev–Trinajstić information content (AvgIpc) is 2.33. The maximum absolute atomic E-state index is 13.9. The number of hydrogen-bond donors (Lipinski definition) is 2. The highest BCUT2D eigenvalue weighted by Crippen LogP contribution is 2.29. The highest BCUT2D eigenvalue weighted by atomic mass is 19.1. The molecule has 0 aliphatic carbocycles. The molecule has 0 fully saturated rings. The predicted octanol–water partition coefficient (Wildman–Crippen LogP) is 3.33. The summed E-state index contributed by atoms with van der Waals surface area (Å²) in [4.78, 5) is 4.20. The van der Waals surface area contributed by atoms with Gasteiger partial charge >= 0.3 is 0 Å². The molecule has 0 atom stereocenters. The molecule has 1 aromatic heterocycles. The largest absolute Gasteiger partial charge is 0.398 e. The quantitative estimate of drug-likeness (QED) is 0.644. The second kappa shape index (κ2) is 5.04. The first kappa shape index (κ1) is 12.4. The van der Waals surface area contributed by atoms with Gasteiger partial charge in [0.15, 0.2) is 5.82 Å². The monoisotopic (exact) mass is 245 g/mol. The van der Waals surface area contributed by atoms with Gasteiger partial charge in [0, 0.05) is 23.8 Å². The second-order valence-corrected chi connectivity index (χ2v) is 4.38. The molecule has 0 radical (unpaired) electrons. The van der Waals surface area contributed by atoms with Crippen LogP contribution in [-0.2, 0) is 0 Å². The van der Waals surface area contributed by atoms with Crippen LogP contribution >= 0.6 is 0 Å². The van der Waals surface area contributed by atoms with Crippen LogP contribution < -0.4 is 11.1 Å². The minimum absolute atomic E-state index is 0.374. The van der Waals surface area contributed by atoms with Gasteiger partial charge in [-0.2, -0.15) is 0 Å². The minimum atomic E-state index is -0.374. The molecule has 18 heavy (non-hydrogen) atoms. The van der Waals surface area contributed by atoms with Crippen LogP contribution in [0.25, 0.3) is 10.9 Å². The Morgan fingerprint density at radius 1 is 1.50 bits per heavy atom. The van der Waals surface area contributed by atoms with Crippen LogP contribution in [0.15, 0.2) is 36.0 Å². The number of nitrogens with two attached hydrogens (primary N) is 1. The molecule has 1 heterocycles. The van der Waals surface area contributed by atoms with Crippen LogP contribution in [-0.4, -0.2) is 11.5 Å². The molecular weight excluding hydrogens is 229 g/mol. The summed E-state index contributed by atoms with van der Waals surface area (Å²) in [6, 6.07) is 4.95. The second-order valence-electron chi connectivity index (χ2n) is 4.38. The zero-order valence-electron chi connectivity index (χ0n) is 10.5. The highest BCUT2D eigenvalue weighted by Gasteiger charge is 2.10. The summed E-state index contributed by atoms with van der Waals surface area (Å²) in [5, 5.41) is 3.81. The molecule has 1 aromatic carbocycles. The van der Waals surface area contributed by atoms with Crippen molar-refractivity contribution in [3.05, 3.63) is 41.9 Å². The lowest BCUT2D eigenvalue weighted by Gasteiger charge is -2.10. The SMILES string of the molecule is CC(C)=CCNc1c(F)cc(N)c2cccnc12. The molecule has 3 N–H and O–H groups in total. The lowest BCUT2D eigenvalue weighted by molar-refractivity contribution is 0.633. The van der Waals surface area contributed by atoms with Gasteiger partial charge in [-0.05, 0) is 32.0 Å². The molecule has 0 aliphatic heterocycles. The number of halogens is 1. The molecule has 0 unspecified atom stereocenters. The molecule has 3 nitrogen and oxygen atoms in total. The van der Waals surface area contributed by atoms with Crippen molar-refractivity contribution >= 4 is 22.3 Å². The van der Waals surface area contributed by atoms with E-state index in [2.05, 4.69) is 10.3 Å². The van der Waals surface area contributed by atoms with E-state index in [1.54, 1.807) is 12.3 Å². The number of nitrogens with zero attached hydrogens (tertiary/aromatic N) is 1. The Kier molecular flexibility index (Phi) is 3.46. The fourth-order valence-corrected chi connectivity index (χ4v) is 1.76. The number of aromatic nitrogens is 1. The van der Waals surface area contributed by atoms with E-state index >= 15 is 0 Å². The summed E-state index contributed by atoms with van der Waals surface area (Å²) in [7, 11) is 0. The maximum atomic E-state index is 13.9. The Balaban J connectivity index is 2.46. The summed E-state index contributed by atoms with van der Waals surface area (Å²) in [6.45, 7) is 4.56. The van der Waals surface area contributed by atoms with E-state index < -0.39 is 0 Å². The molecule has 94 valence electrons. The Hall–Kier alpha value is -2.10. The number of pyridine rings is 1. The van der Waals surface area contributed by atoms with Crippen molar-refractivity contribution in [2.24, 2.45) is 0 Å². The zero-order valence-corrected chi connectivity index (χ0v) is 10.5. The maximum Gasteiger partial charge on any atom is 0.150 e. The van der Waals surface area contributed by atoms with Gasteiger partial charge in [-0.1, -0.05) is 11.6 Å². The van der Waals surface area contributed by atoms with E-state index in [4.69, 9.17) is 5.73 Å². The number of hydrogen-bond acceptors (Lipinski definition) is 3. The Morgan fingerprint density at radius 2 is 2.28 bits per heavy atom. The normalized spacial score (nSPS) is 10.4. The molecule has 0 aliphatic rings. The average molecular weight is 245 g/mol. The van der Waals surface area contributed by atoms with Crippen molar-refractivity contribution in [1.82, 2.24) is 4.98 Å². The summed E-state index contributed by atoms with van der Waals surface area (Å²) < 4.78 is 13.9. The van der Waals surface area contributed by atoms with Crippen LogP contribution in [0, 0.1) is 5.82 Å². The first-order chi connectivity index (χ1) is 8.59. The highest BCUT2D eigenvalue weighted by molar-refractivity contribution is 5.98. The first-order valence-electron chi connectivity index (χ1n) is 5.79. The van der Waals surface area contributed by atoms with Crippen LogP contribution in [0.2, 0.25) is 0 Å². The molecular formula is C14H16FN3. The number of fused-ring (bicyclic) bond motifs is 1. The summed E-state index contributed by atoms with van der Waals surface area (Å²) in [6.07, 6.45) is 3.62. The third-order valence-corrected chi connectivity index (χ3v) is 2.67. The Bertz CT molecular complexity index is 601. The molecule has 0 saturated heterocycles. The van der Waals surface area contributed by atoms with E-state index in [0.717, 1.165) is 5.39 Å². The van der Waals surface area contributed by atoms with Gasteiger partial charge < -0.3 is 11.1 Å². The van der Waals surface area contributed by atoms with E-state index in [-0.39, 0.29) is 5.82 Å². The molecule has 0 amide bonds. The minimum Gasteiger partial charge on any atom is -0.398 e. The topological polar surface area (TPSA) is 50.9 Å². The first-order valence-corrected chi connectivity index (χ1v) is 5.79. The number of benzene rings is 1. The summed E-state index contributed by atoms with van der Waals surface area (Å²) >= 11 is 0. The third kappa shape index (κ3) is 2.42. The Labute approximate surface area is 106 Å². The van der Waals surface area contributed by atoms with Crippen molar-refractivity contribution in [1.29, 1.82) is 0 Å². The van der Waals surface area contributed by atoms with Gasteiger partial charge in [0.1, 0.15) is 0 Å². The van der Waals surface area contributed by atoms with Gasteiger partial charge in [0.25, 0.3) is 0 Å². The summed E-state index contributed by atoms with van der Waals surface area (Å²) in [5.41, 5.74) is 8.33. The van der Waals surface area contributed by atoms with E-state index in [1.165, 1.54) is 11.6 Å². The van der Waals surface area contributed by atoms with Crippen LogP contribution in [0.3, 0.4) is 0 Å². The molecule has 4 heteroatoms. The fourth-order valence-electron chi connectivity index (χ4n) is 1.76. The van der Waals surface area contributed by atoms with Crippen LogP contribution in [0.5, 0.6) is 0 Å². The van der Waals surface area contributed by atoms with Gasteiger partial charge in [0.05, 0.1) is 11.2 Å². The molecule has 0 saturated carbocycles. The molecule has 0 bridgehead atoms. The number of anilines is 2. The lowest BCUT2D eigenvalue weighted by atomic mass is 10.1. The van der Waals surface area contributed by atoms with E-state index in [0.29, 0.717) is 23.4 Å². The van der Waals surface area contributed by atoms with Crippen molar-refractivity contribution in [2.45, 2.75) is 13.8 Å². The number of nitrogen functional groups attached to an aromatic ring is 1. The predicted molar refractivity (Wildman–Crippen MR) is 74.0 cm³/mol. The number of rotatable bonds is 3. The van der Waals surface area contributed by atoms with Crippen molar-refractivity contribution in [2.75, 3.05) is 17.6 Å². The summed E-state index contributed by atoms with van der Waals surface area (Å²) in [5.74, 6) is -0.374. The van der Waals surface area contributed by atoms with E-state index in [1.807, 2.05) is 26.0 Å². The smallest absolute Gasteiger partial charge is 0.150 e. The van der Waals surface area contributed by atoms with Gasteiger partial charge in [0.2, 0.25) is 0 Å². The van der Waals surface area contributed by atoms with Crippen LogP contribution in [0.1, 0.15) is 13.8 Å². The van der Waals surface area contributed by atoms with Gasteiger partial charge in [-0.25, -0.2) is 4.39 Å². The van der Waals surface area contributed by atoms with Crippen molar-refractivity contribution < 1.29 is 4.39 Å². The number of allylic oxidation sites excluding steroid dienone is 1. The molecule has 0 spiro atoms. The van der Waals surface area contributed by atoms with Crippen molar-refractivity contribution in [3.63, 3.8) is 0 Å². The van der Waals surface area contributed by atoms with Crippen LogP contribution in [0.4, 0.5) is 15.8 Å². The number of nitrogens with one attached hydrogen (secondary N) is 1. The van der Waals surface area contributed by atoms with Crippen molar-refractivity contribution in [3.8, 4) is 0 Å². The fraction of sp³-hybridized carbons (Fsp3) is 0.214. The Morgan fingerprint density at radius 3 is 3.00 bits per heavy atom. The van der Waals surface area contributed by atoms with Gasteiger partial charge in [-0.15, -0.1) is 0 Å². The zero-order chi connectivity index (χ0) is 13.1. The standard InChI is InChI=1S/C14H16FN3/c1-9(2)5-7-18-14-11(15)8-12(16)10-4-3-6-17-13(10)14/h3-6,8,18H,7,16H2,1-2H3. The van der Waals surface area contributed by atoms with Gasteiger partial charge in [-0.3, -0.25) is 4.98 Å². The third-order valence-electron chi connectivity index (χ3n) is 2.67.